The van der Waals surface area contributed by atoms with Crippen LogP contribution >= 0.6 is 0 Å². The zero-order chi connectivity index (χ0) is 23.1. The molecular formula is C22H17N3O7. The van der Waals surface area contributed by atoms with Crippen LogP contribution in [0.3, 0.4) is 0 Å². The number of nitrogens with zero attached hydrogens (tertiary/aromatic N) is 2. The van der Waals surface area contributed by atoms with Crippen molar-refractivity contribution < 1.29 is 29.1 Å². The van der Waals surface area contributed by atoms with Crippen LogP contribution in [0.1, 0.15) is 26.3 Å². The molecule has 0 aliphatic heterocycles. The average Bonchev–Trinajstić information content (AvgIpc) is 2.80. The first-order chi connectivity index (χ1) is 15.4. The van der Waals surface area contributed by atoms with Crippen molar-refractivity contribution in [1.82, 2.24) is 0 Å². The number of non-ortho nitro benzene ring substituents is 1. The number of esters is 1. The molecule has 0 spiro atoms. The number of nitrogens with one attached hydrogen (secondary N) is 1. The normalized spacial score (nSPS) is 10.5. The van der Waals surface area contributed by atoms with Gasteiger partial charge in [-0.1, -0.05) is 12.1 Å². The molecule has 0 fully saturated rings. The second-order valence-electron chi connectivity index (χ2n) is 6.36. The Morgan fingerprint density at radius 1 is 1.03 bits per heavy atom. The van der Waals surface area contributed by atoms with Gasteiger partial charge in [0.25, 0.3) is 5.69 Å². The van der Waals surface area contributed by atoms with Crippen LogP contribution in [-0.4, -0.2) is 35.3 Å². The number of carboxylic acid groups (broad SMARTS) is 1. The summed E-state index contributed by atoms with van der Waals surface area (Å²) in [5.74, 6) is -1.44. The third-order valence-corrected chi connectivity index (χ3v) is 4.20. The van der Waals surface area contributed by atoms with E-state index in [-0.39, 0.29) is 28.3 Å². The summed E-state index contributed by atoms with van der Waals surface area (Å²) < 4.78 is 10.6. The number of carboxylic acids is 1. The van der Waals surface area contributed by atoms with Gasteiger partial charge in [0.05, 0.1) is 35.1 Å². The van der Waals surface area contributed by atoms with Gasteiger partial charge in [-0.3, -0.25) is 15.5 Å². The van der Waals surface area contributed by atoms with Crippen LogP contribution in [-0.2, 0) is 0 Å². The number of ether oxygens (including phenoxy) is 2. The first-order valence-electron chi connectivity index (χ1n) is 9.14. The summed E-state index contributed by atoms with van der Waals surface area (Å²) in [5, 5.41) is 24.0. The van der Waals surface area contributed by atoms with Gasteiger partial charge in [0, 0.05) is 12.1 Å². The molecule has 0 unspecified atom stereocenters. The number of hydrogen-bond acceptors (Lipinski definition) is 8. The van der Waals surface area contributed by atoms with Gasteiger partial charge in [-0.15, -0.1) is 0 Å². The quantitative estimate of drug-likeness (QED) is 0.178. The number of nitro groups is 1. The van der Waals surface area contributed by atoms with Crippen LogP contribution < -0.4 is 14.9 Å². The molecule has 0 bridgehead atoms. The highest BCUT2D eigenvalue weighted by atomic mass is 16.6. The first kappa shape index (κ1) is 22.0. The predicted octanol–water partition coefficient (Wildman–Crippen LogP) is 3.97. The molecule has 162 valence electrons. The topological polar surface area (TPSA) is 140 Å². The van der Waals surface area contributed by atoms with Crippen LogP contribution in [0.5, 0.6) is 11.5 Å². The fourth-order valence-electron chi connectivity index (χ4n) is 2.66. The molecule has 10 nitrogen and oxygen atoms in total. The molecule has 3 aromatic rings. The van der Waals surface area contributed by atoms with Crippen molar-refractivity contribution in [3.63, 3.8) is 0 Å². The number of aromatic carboxylic acids is 1. The third-order valence-electron chi connectivity index (χ3n) is 4.20. The van der Waals surface area contributed by atoms with Crippen molar-refractivity contribution in [3.05, 3.63) is 93.5 Å². The van der Waals surface area contributed by atoms with Crippen molar-refractivity contribution in [3.8, 4) is 11.5 Å². The van der Waals surface area contributed by atoms with Crippen LogP contribution in [0.15, 0.2) is 71.8 Å². The fourth-order valence-corrected chi connectivity index (χ4v) is 2.66. The van der Waals surface area contributed by atoms with E-state index < -0.39 is 16.9 Å². The van der Waals surface area contributed by atoms with Crippen LogP contribution in [0.25, 0.3) is 0 Å². The highest BCUT2D eigenvalue weighted by molar-refractivity contribution is 5.92. The average molecular weight is 435 g/mol. The number of nitro benzene ring substituents is 1. The third kappa shape index (κ3) is 5.45. The number of benzene rings is 3. The molecule has 0 aliphatic rings. The van der Waals surface area contributed by atoms with Crippen LogP contribution in [0.2, 0.25) is 0 Å². The summed E-state index contributed by atoms with van der Waals surface area (Å²) in [5.41, 5.74) is 3.77. The Morgan fingerprint density at radius 2 is 1.78 bits per heavy atom. The molecule has 0 saturated carbocycles. The molecule has 0 aromatic heterocycles. The molecule has 3 aromatic carbocycles. The molecule has 3 rings (SSSR count). The van der Waals surface area contributed by atoms with E-state index in [4.69, 9.17) is 14.6 Å². The molecule has 32 heavy (non-hydrogen) atoms. The van der Waals surface area contributed by atoms with Crippen molar-refractivity contribution >= 4 is 29.5 Å². The summed E-state index contributed by atoms with van der Waals surface area (Å²) >= 11 is 0. The van der Waals surface area contributed by atoms with Crippen molar-refractivity contribution in [1.29, 1.82) is 0 Å². The monoisotopic (exact) mass is 435 g/mol. The lowest BCUT2D eigenvalue weighted by molar-refractivity contribution is -0.384. The van der Waals surface area contributed by atoms with Gasteiger partial charge in [-0.2, -0.15) is 5.10 Å². The summed E-state index contributed by atoms with van der Waals surface area (Å²) in [6.07, 6.45) is 1.47. The molecule has 0 atom stereocenters. The summed E-state index contributed by atoms with van der Waals surface area (Å²) in [6.45, 7) is 0. The lowest BCUT2D eigenvalue weighted by atomic mass is 10.2. The molecular weight excluding hydrogens is 418 g/mol. The highest BCUT2D eigenvalue weighted by Crippen LogP contribution is 2.28. The Hall–Kier alpha value is -4.73. The molecule has 0 aliphatic carbocycles. The number of carbonyl (C=O) groups is 2. The molecule has 0 amide bonds. The lowest BCUT2D eigenvalue weighted by Crippen LogP contribution is -2.09. The van der Waals surface area contributed by atoms with Gasteiger partial charge in [0.1, 0.15) is 0 Å². The maximum Gasteiger partial charge on any atom is 0.343 e. The highest BCUT2D eigenvalue weighted by Gasteiger charge is 2.16. The number of anilines is 1. The summed E-state index contributed by atoms with van der Waals surface area (Å²) in [4.78, 5) is 33.7. The van der Waals surface area contributed by atoms with Gasteiger partial charge < -0.3 is 14.6 Å². The van der Waals surface area contributed by atoms with Gasteiger partial charge in [-0.25, -0.2) is 9.59 Å². The SMILES string of the molecule is COc1cc(C=NNc2cccc(C(=O)O)c2)ccc1OC(=O)c1cccc([N+](=O)[O-])c1. The molecule has 0 radical (unpaired) electrons. The van der Waals surface area contributed by atoms with Crippen molar-refractivity contribution in [2.24, 2.45) is 5.10 Å². The van der Waals surface area contributed by atoms with E-state index in [9.17, 15) is 19.7 Å². The Bertz CT molecular complexity index is 1210. The van der Waals surface area contributed by atoms with Gasteiger partial charge in [0.15, 0.2) is 11.5 Å². The Labute approximate surface area is 181 Å². The van der Waals surface area contributed by atoms with Crippen LogP contribution in [0.4, 0.5) is 11.4 Å². The molecule has 0 heterocycles. The maximum atomic E-state index is 12.4. The zero-order valence-corrected chi connectivity index (χ0v) is 16.7. The number of hydrogen-bond donors (Lipinski definition) is 2. The van der Waals surface area contributed by atoms with E-state index in [1.54, 1.807) is 24.3 Å². The summed E-state index contributed by atoms with van der Waals surface area (Å²) in [7, 11) is 1.40. The fraction of sp³-hybridized carbons (Fsp3) is 0.0455. The van der Waals surface area contributed by atoms with Crippen LogP contribution in [0, 0.1) is 10.1 Å². The second-order valence-corrected chi connectivity index (χ2v) is 6.36. The second kappa shape index (κ2) is 9.85. The van der Waals surface area contributed by atoms with Gasteiger partial charge in [-0.05, 0) is 48.0 Å². The maximum absolute atomic E-state index is 12.4. The number of methoxy groups -OCH3 is 1. The molecule has 10 heteroatoms. The minimum atomic E-state index is -1.04. The van der Waals surface area contributed by atoms with Gasteiger partial charge in [0.2, 0.25) is 0 Å². The zero-order valence-electron chi connectivity index (χ0n) is 16.7. The van der Waals surface area contributed by atoms with Crippen molar-refractivity contribution in [2.75, 3.05) is 12.5 Å². The van der Waals surface area contributed by atoms with Crippen molar-refractivity contribution in [2.45, 2.75) is 0 Å². The smallest absolute Gasteiger partial charge is 0.343 e. The minimum absolute atomic E-state index is 0.0275. The minimum Gasteiger partial charge on any atom is -0.493 e. The van der Waals surface area contributed by atoms with E-state index in [1.165, 1.54) is 49.7 Å². The standard InChI is InChI=1S/C22H17N3O7/c1-31-20-10-14(13-23-24-17-6-2-4-15(11-17)21(26)27)8-9-19(20)32-22(28)16-5-3-7-18(12-16)25(29)30/h2-13,24H,1H3,(H,26,27). The van der Waals surface area contributed by atoms with E-state index in [0.717, 1.165) is 6.07 Å². The van der Waals surface area contributed by atoms with E-state index in [1.807, 2.05) is 0 Å². The molecule has 0 saturated heterocycles. The largest absolute Gasteiger partial charge is 0.493 e. The van der Waals surface area contributed by atoms with E-state index >= 15 is 0 Å². The predicted molar refractivity (Wildman–Crippen MR) is 116 cm³/mol. The van der Waals surface area contributed by atoms with E-state index in [2.05, 4.69) is 10.5 Å². The first-order valence-corrected chi connectivity index (χ1v) is 9.14. The summed E-state index contributed by atoms with van der Waals surface area (Å²) in [6, 6.07) is 16.1. The Balaban J connectivity index is 1.71. The lowest BCUT2D eigenvalue weighted by Gasteiger charge is -2.10. The van der Waals surface area contributed by atoms with E-state index in [0.29, 0.717) is 11.3 Å². The molecule has 2 N–H and O–H groups in total. The Kier molecular flexibility index (Phi) is 6.76. The number of carbonyl (C=O) groups excluding carboxylic acids is 1. The van der Waals surface area contributed by atoms with Gasteiger partial charge >= 0.3 is 11.9 Å². The Morgan fingerprint density at radius 3 is 2.50 bits per heavy atom. The number of rotatable bonds is 8. The number of hydrazone groups is 1.